The number of rotatable bonds is 5. The zero-order valence-electron chi connectivity index (χ0n) is 11.2. The van der Waals surface area contributed by atoms with Gasteiger partial charge < -0.3 is 5.73 Å². The van der Waals surface area contributed by atoms with E-state index in [1.54, 1.807) is 16.8 Å². The van der Waals surface area contributed by atoms with Crippen molar-refractivity contribution in [3.8, 4) is 11.4 Å². The molecule has 0 saturated carbocycles. The van der Waals surface area contributed by atoms with Crippen LogP contribution in [0.15, 0.2) is 18.2 Å². The Balaban J connectivity index is 2.33. The Hall–Kier alpha value is -1.98. The van der Waals surface area contributed by atoms with Gasteiger partial charge >= 0.3 is 0 Å². The summed E-state index contributed by atoms with van der Waals surface area (Å²) in [5, 5.41) is 11.5. The van der Waals surface area contributed by atoms with Crippen LogP contribution in [0.3, 0.4) is 0 Å². The lowest BCUT2D eigenvalue weighted by Gasteiger charge is -2.13. The first-order valence-corrected chi connectivity index (χ1v) is 6.46. The Kier molecular flexibility index (Phi) is 4.09. The summed E-state index contributed by atoms with van der Waals surface area (Å²) in [6.07, 6.45) is 3.16. The molecular weight excluding hydrogens is 245 g/mol. The predicted octanol–water partition coefficient (Wildman–Crippen LogP) is 2.81. The van der Waals surface area contributed by atoms with E-state index in [-0.39, 0.29) is 6.04 Å². The minimum atomic E-state index is -0.404. The minimum Gasteiger partial charge on any atom is -0.399 e. The smallest absolute Gasteiger partial charge is 0.185 e. The third kappa shape index (κ3) is 2.89. The number of anilines is 1. The average molecular weight is 263 g/mol. The van der Waals surface area contributed by atoms with E-state index >= 15 is 0 Å². The molecule has 1 unspecified atom stereocenters. The summed E-state index contributed by atoms with van der Waals surface area (Å²) < 4.78 is 15.6. The van der Waals surface area contributed by atoms with Gasteiger partial charge in [0.15, 0.2) is 5.82 Å². The maximum absolute atomic E-state index is 13.9. The molecule has 0 radical (unpaired) electrons. The van der Waals surface area contributed by atoms with Crippen LogP contribution in [0.4, 0.5) is 10.1 Å². The fraction of sp³-hybridized carbons (Fsp3) is 0.462. The fourth-order valence-corrected chi connectivity index (χ4v) is 2.00. The van der Waals surface area contributed by atoms with Crippen LogP contribution in [0.25, 0.3) is 11.4 Å². The molecular formula is C13H18FN5. The first-order chi connectivity index (χ1) is 9.13. The molecule has 102 valence electrons. The van der Waals surface area contributed by atoms with Gasteiger partial charge in [0.05, 0.1) is 11.6 Å². The molecule has 1 aromatic carbocycles. The summed E-state index contributed by atoms with van der Waals surface area (Å²) in [5.74, 6) is 0.0415. The highest BCUT2D eigenvalue weighted by Gasteiger charge is 2.17. The molecule has 0 aliphatic carbocycles. The molecule has 0 amide bonds. The summed E-state index contributed by atoms with van der Waals surface area (Å²) in [5.41, 5.74) is 6.31. The Labute approximate surface area is 111 Å². The predicted molar refractivity (Wildman–Crippen MR) is 71.9 cm³/mol. The summed E-state index contributed by atoms with van der Waals surface area (Å²) >= 11 is 0. The number of hydrogen-bond donors (Lipinski definition) is 1. The zero-order chi connectivity index (χ0) is 13.8. The average Bonchev–Trinajstić information content (AvgIpc) is 2.85. The molecule has 6 heteroatoms. The van der Waals surface area contributed by atoms with E-state index in [0.29, 0.717) is 17.1 Å². The molecule has 2 rings (SSSR count). The van der Waals surface area contributed by atoms with Crippen LogP contribution in [0.1, 0.15) is 39.2 Å². The SMILES string of the molecule is CCCCC(C)n1nnnc1-c1ccc(N)cc1F. The van der Waals surface area contributed by atoms with Crippen LogP contribution in [-0.4, -0.2) is 20.2 Å². The Bertz CT molecular complexity index is 552. The van der Waals surface area contributed by atoms with E-state index in [1.807, 2.05) is 6.92 Å². The quantitative estimate of drug-likeness (QED) is 0.842. The summed E-state index contributed by atoms with van der Waals surface area (Å²) in [7, 11) is 0. The molecule has 5 nitrogen and oxygen atoms in total. The van der Waals surface area contributed by atoms with Gasteiger partial charge in [0.25, 0.3) is 0 Å². The molecule has 0 aliphatic rings. The zero-order valence-corrected chi connectivity index (χ0v) is 11.2. The molecule has 0 saturated heterocycles. The van der Waals surface area contributed by atoms with Crippen molar-refractivity contribution in [3.05, 3.63) is 24.0 Å². The van der Waals surface area contributed by atoms with Gasteiger partial charge in [-0.2, -0.15) is 0 Å². The topological polar surface area (TPSA) is 69.6 Å². The van der Waals surface area contributed by atoms with Gasteiger partial charge in [-0.3, -0.25) is 0 Å². The molecule has 0 fully saturated rings. The number of nitrogen functional groups attached to an aromatic ring is 1. The summed E-state index contributed by atoms with van der Waals surface area (Å²) in [6.45, 7) is 4.16. The fourth-order valence-electron chi connectivity index (χ4n) is 2.00. The summed E-state index contributed by atoms with van der Waals surface area (Å²) in [6, 6.07) is 4.68. The third-order valence-corrected chi connectivity index (χ3v) is 3.12. The van der Waals surface area contributed by atoms with Crippen LogP contribution >= 0.6 is 0 Å². The third-order valence-electron chi connectivity index (χ3n) is 3.12. The van der Waals surface area contributed by atoms with Crippen molar-refractivity contribution in [2.45, 2.75) is 39.2 Å². The molecule has 0 aliphatic heterocycles. The van der Waals surface area contributed by atoms with Crippen LogP contribution in [0.5, 0.6) is 0 Å². The van der Waals surface area contributed by atoms with Crippen LogP contribution in [-0.2, 0) is 0 Å². The molecule has 2 aromatic rings. The van der Waals surface area contributed by atoms with E-state index < -0.39 is 5.82 Å². The molecule has 1 aromatic heterocycles. The highest BCUT2D eigenvalue weighted by atomic mass is 19.1. The second kappa shape index (κ2) is 5.77. The monoisotopic (exact) mass is 263 g/mol. The van der Waals surface area contributed by atoms with Crippen molar-refractivity contribution in [2.75, 3.05) is 5.73 Å². The molecule has 0 bridgehead atoms. The van der Waals surface area contributed by atoms with Crippen molar-refractivity contribution >= 4 is 5.69 Å². The number of halogens is 1. The van der Waals surface area contributed by atoms with Crippen molar-refractivity contribution in [1.29, 1.82) is 0 Å². The first-order valence-electron chi connectivity index (χ1n) is 6.46. The number of tetrazole rings is 1. The van der Waals surface area contributed by atoms with E-state index in [2.05, 4.69) is 22.4 Å². The van der Waals surface area contributed by atoms with E-state index in [9.17, 15) is 4.39 Å². The maximum atomic E-state index is 13.9. The molecule has 1 heterocycles. The van der Waals surface area contributed by atoms with E-state index in [0.717, 1.165) is 19.3 Å². The van der Waals surface area contributed by atoms with Crippen molar-refractivity contribution in [2.24, 2.45) is 0 Å². The van der Waals surface area contributed by atoms with Gasteiger partial charge in [-0.1, -0.05) is 19.8 Å². The first kappa shape index (κ1) is 13.5. The second-order valence-corrected chi connectivity index (χ2v) is 4.68. The van der Waals surface area contributed by atoms with Gasteiger partial charge in [-0.05, 0) is 42.0 Å². The lowest BCUT2D eigenvalue weighted by atomic mass is 10.1. The largest absolute Gasteiger partial charge is 0.399 e. The normalized spacial score (nSPS) is 12.6. The minimum absolute atomic E-state index is 0.141. The number of aromatic nitrogens is 4. The lowest BCUT2D eigenvalue weighted by molar-refractivity contribution is 0.436. The van der Waals surface area contributed by atoms with Crippen molar-refractivity contribution in [1.82, 2.24) is 20.2 Å². The number of benzene rings is 1. The number of nitrogens with two attached hydrogens (primary N) is 1. The summed E-state index contributed by atoms with van der Waals surface area (Å²) in [4.78, 5) is 0. The molecule has 19 heavy (non-hydrogen) atoms. The Morgan fingerprint density at radius 2 is 2.21 bits per heavy atom. The van der Waals surface area contributed by atoms with Gasteiger partial charge in [-0.15, -0.1) is 5.10 Å². The highest BCUT2D eigenvalue weighted by Crippen LogP contribution is 2.25. The number of unbranched alkanes of at least 4 members (excludes halogenated alkanes) is 1. The maximum Gasteiger partial charge on any atom is 0.185 e. The molecule has 0 spiro atoms. The Morgan fingerprint density at radius 1 is 1.42 bits per heavy atom. The van der Waals surface area contributed by atoms with Gasteiger partial charge in [0.2, 0.25) is 0 Å². The van der Waals surface area contributed by atoms with Crippen LogP contribution in [0.2, 0.25) is 0 Å². The Morgan fingerprint density at radius 3 is 2.89 bits per heavy atom. The van der Waals surface area contributed by atoms with E-state index in [1.165, 1.54) is 6.07 Å². The highest BCUT2D eigenvalue weighted by molar-refractivity contribution is 5.59. The number of hydrogen-bond acceptors (Lipinski definition) is 4. The van der Waals surface area contributed by atoms with Gasteiger partial charge in [-0.25, -0.2) is 9.07 Å². The molecule has 1 atom stereocenters. The van der Waals surface area contributed by atoms with Crippen LogP contribution < -0.4 is 5.73 Å². The number of nitrogens with zero attached hydrogens (tertiary/aromatic N) is 4. The lowest BCUT2D eigenvalue weighted by Crippen LogP contribution is -2.09. The standard InChI is InChI=1S/C13H18FN5/c1-3-4-5-9(2)19-13(16-17-18-19)11-7-6-10(15)8-12(11)14/h6-9H,3-5,15H2,1-2H3. The second-order valence-electron chi connectivity index (χ2n) is 4.68. The van der Waals surface area contributed by atoms with Crippen molar-refractivity contribution in [3.63, 3.8) is 0 Å². The van der Waals surface area contributed by atoms with Gasteiger partial charge in [0, 0.05) is 5.69 Å². The van der Waals surface area contributed by atoms with Crippen molar-refractivity contribution < 1.29 is 4.39 Å². The van der Waals surface area contributed by atoms with Gasteiger partial charge in [0.1, 0.15) is 5.82 Å². The van der Waals surface area contributed by atoms with E-state index in [4.69, 9.17) is 5.73 Å². The molecule has 2 N–H and O–H groups in total. The van der Waals surface area contributed by atoms with Crippen LogP contribution in [0, 0.1) is 5.82 Å².